The summed E-state index contributed by atoms with van der Waals surface area (Å²) in [6.45, 7) is 4.19. The highest BCUT2D eigenvalue weighted by Gasteiger charge is 2.05. The van der Waals surface area contributed by atoms with E-state index in [0.29, 0.717) is 6.41 Å². The fourth-order valence-corrected chi connectivity index (χ4v) is 2.75. The Morgan fingerprint density at radius 3 is 2.56 bits per heavy atom. The van der Waals surface area contributed by atoms with Crippen LogP contribution in [0.4, 0.5) is 5.69 Å². The largest absolute Gasteiger partial charge is 0.328 e. The normalized spacial score (nSPS) is 10.1. The lowest BCUT2D eigenvalue weighted by Gasteiger charge is -2.10. The van der Waals surface area contributed by atoms with E-state index < -0.39 is 0 Å². The summed E-state index contributed by atoms with van der Waals surface area (Å²) >= 11 is 1.67. The molecule has 0 heterocycles. The van der Waals surface area contributed by atoms with E-state index in [4.69, 9.17) is 0 Å². The maximum Gasteiger partial charge on any atom is 0.211 e. The molecule has 18 heavy (non-hydrogen) atoms. The van der Waals surface area contributed by atoms with E-state index in [-0.39, 0.29) is 0 Å². The number of aryl methyl sites for hydroxylation is 2. The molecule has 0 aliphatic heterocycles. The molecule has 1 N–H and O–H groups in total. The van der Waals surface area contributed by atoms with Crippen molar-refractivity contribution in [3.8, 4) is 0 Å². The van der Waals surface area contributed by atoms with Crippen LogP contribution in [-0.4, -0.2) is 6.41 Å². The molecule has 92 valence electrons. The molecule has 0 aliphatic carbocycles. The second kappa shape index (κ2) is 5.74. The lowest BCUT2D eigenvalue weighted by Crippen LogP contribution is -1.95. The molecule has 0 atom stereocenters. The van der Waals surface area contributed by atoms with Crippen LogP contribution in [0.25, 0.3) is 0 Å². The molecule has 3 heteroatoms. The van der Waals surface area contributed by atoms with Gasteiger partial charge in [0, 0.05) is 9.79 Å². The first-order valence-electron chi connectivity index (χ1n) is 5.75. The SMILES string of the molecule is Cc1ccc(Sc2ccccc2NC=O)c(C)c1. The third-order valence-corrected chi connectivity index (χ3v) is 3.91. The van der Waals surface area contributed by atoms with Gasteiger partial charge in [-0.1, -0.05) is 41.6 Å². The Morgan fingerprint density at radius 2 is 1.83 bits per heavy atom. The van der Waals surface area contributed by atoms with Gasteiger partial charge in [-0.15, -0.1) is 0 Å². The van der Waals surface area contributed by atoms with Crippen molar-refractivity contribution in [2.45, 2.75) is 23.6 Å². The van der Waals surface area contributed by atoms with Crippen LogP contribution in [0.3, 0.4) is 0 Å². The van der Waals surface area contributed by atoms with E-state index in [0.717, 1.165) is 10.6 Å². The minimum atomic E-state index is 0.710. The van der Waals surface area contributed by atoms with E-state index in [2.05, 4.69) is 37.4 Å². The first-order chi connectivity index (χ1) is 8.70. The third-order valence-electron chi connectivity index (χ3n) is 2.65. The lowest BCUT2D eigenvalue weighted by molar-refractivity contribution is -0.105. The summed E-state index contributed by atoms with van der Waals surface area (Å²) in [5.41, 5.74) is 3.36. The summed E-state index contributed by atoms with van der Waals surface area (Å²) in [6, 6.07) is 14.2. The molecule has 2 aromatic carbocycles. The standard InChI is InChI=1S/C15H15NOS/c1-11-7-8-14(12(2)9-11)18-15-6-4-3-5-13(15)16-10-17/h3-10H,1-2H3,(H,16,17). The number of carbonyl (C=O) groups is 1. The number of hydrogen-bond acceptors (Lipinski definition) is 2. The number of hydrogen-bond donors (Lipinski definition) is 1. The molecule has 0 unspecified atom stereocenters. The minimum Gasteiger partial charge on any atom is -0.328 e. The van der Waals surface area contributed by atoms with Crippen molar-refractivity contribution in [2.24, 2.45) is 0 Å². The fourth-order valence-electron chi connectivity index (χ4n) is 1.77. The first kappa shape index (κ1) is 12.7. The van der Waals surface area contributed by atoms with Gasteiger partial charge >= 0.3 is 0 Å². The van der Waals surface area contributed by atoms with Crippen molar-refractivity contribution in [2.75, 3.05) is 5.32 Å². The Hall–Kier alpha value is -1.74. The van der Waals surface area contributed by atoms with Crippen LogP contribution < -0.4 is 5.32 Å². The number of anilines is 1. The first-order valence-corrected chi connectivity index (χ1v) is 6.56. The van der Waals surface area contributed by atoms with Gasteiger partial charge in [0.1, 0.15) is 0 Å². The molecule has 0 aromatic heterocycles. The van der Waals surface area contributed by atoms with E-state index in [1.54, 1.807) is 11.8 Å². The van der Waals surface area contributed by atoms with Gasteiger partial charge in [-0.3, -0.25) is 4.79 Å². The molecule has 0 saturated carbocycles. The molecule has 2 nitrogen and oxygen atoms in total. The maximum absolute atomic E-state index is 10.6. The molecule has 2 aromatic rings. The summed E-state index contributed by atoms with van der Waals surface area (Å²) in [5.74, 6) is 0. The topological polar surface area (TPSA) is 29.1 Å². The predicted octanol–water partition coefficient (Wildman–Crippen LogP) is 4.02. The molecular formula is C15H15NOS. The van der Waals surface area contributed by atoms with Gasteiger partial charge in [-0.2, -0.15) is 0 Å². The summed E-state index contributed by atoms with van der Waals surface area (Å²) in [7, 11) is 0. The van der Waals surface area contributed by atoms with Crippen LogP contribution in [-0.2, 0) is 4.79 Å². The fraction of sp³-hybridized carbons (Fsp3) is 0.133. The van der Waals surface area contributed by atoms with E-state index >= 15 is 0 Å². The zero-order chi connectivity index (χ0) is 13.0. The van der Waals surface area contributed by atoms with Crippen LogP contribution in [0.1, 0.15) is 11.1 Å². The molecule has 0 saturated heterocycles. The number of nitrogens with one attached hydrogen (secondary N) is 1. The van der Waals surface area contributed by atoms with Crippen molar-refractivity contribution in [3.63, 3.8) is 0 Å². The van der Waals surface area contributed by atoms with Crippen LogP contribution in [0.5, 0.6) is 0 Å². The molecule has 1 amide bonds. The average Bonchev–Trinajstić information content (AvgIpc) is 2.35. The Labute approximate surface area is 111 Å². The Morgan fingerprint density at radius 1 is 1.06 bits per heavy atom. The molecule has 0 spiro atoms. The summed E-state index contributed by atoms with van der Waals surface area (Å²) < 4.78 is 0. The zero-order valence-electron chi connectivity index (χ0n) is 10.4. The summed E-state index contributed by atoms with van der Waals surface area (Å²) in [4.78, 5) is 12.8. The van der Waals surface area contributed by atoms with E-state index in [1.807, 2.05) is 24.3 Å². The number of benzene rings is 2. The highest BCUT2D eigenvalue weighted by atomic mass is 32.2. The molecule has 2 rings (SSSR count). The van der Waals surface area contributed by atoms with Crippen molar-refractivity contribution in [1.29, 1.82) is 0 Å². The van der Waals surface area contributed by atoms with Crippen LogP contribution in [0.2, 0.25) is 0 Å². The Kier molecular flexibility index (Phi) is 4.05. The van der Waals surface area contributed by atoms with Gasteiger partial charge in [-0.05, 0) is 37.6 Å². The van der Waals surface area contributed by atoms with Gasteiger partial charge in [0.25, 0.3) is 0 Å². The molecule has 0 bridgehead atoms. The average molecular weight is 257 g/mol. The highest BCUT2D eigenvalue weighted by Crippen LogP contribution is 2.35. The quantitative estimate of drug-likeness (QED) is 0.838. The van der Waals surface area contributed by atoms with Gasteiger partial charge < -0.3 is 5.32 Å². The van der Waals surface area contributed by atoms with Crippen LogP contribution in [0.15, 0.2) is 52.3 Å². The number of rotatable bonds is 4. The van der Waals surface area contributed by atoms with Crippen molar-refractivity contribution in [3.05, 3.63) is 53.6 Å². The summed E-state index contributed by atoms with van der Waals surface area (Å²) in [6.07, 6.45) is 0.710. The van der Waals surface area contributed by atoms with Crippen LogP contribution >= 0.6 is 11.8 Å². The second-order valence-corrected chi connectivity index (χ2v) is 5.21. The number of carbonyl (C=O) groups excluding carboxylic acids is 1. The van der Waals surface area contributed by atoms with Crippen molar-refractivity contribution >= 4 is 23.9 Å². The molecular weight excluding hydrogens is 242 g/mol. The maximum atomic E-state index is 10.6. The van der Waals surface area contributed by atoms with Crippen LogP contribution in [0, 0.1) is 13.8 Å². The Balaban J connectivity index is 2.30. The predicted molar refractivity (Wildman–Crippen MR) is 76.2 cm³/mol. The van der Waals surface area contributed by atoms with E-state index in [9.17, 15) is 4.79 Å². The molecule has 0 fully saturated rings. The molecule has 0 aliphatic rings. The zero-order valence-corrected chi connectivity index (χ0v) is 11.3. The smallest absolute Gasteiger partial charge is 0.211 e. The van der Waals surface area contributed by atoms with Gasteiger partial charge in [0.15, 0.2) is 0 Å². The van der Waals surface area contributed by atoms with Crippen molar-refractivity contribution in [1.82, 2.24) is 0 Å². The summed E-state index contributed by atoms with van der Waals surface area (Å²) in [5, 5.41) is 2.73. The number of amides is 1. The highest BCUT2D eigenvalue weighted by molar-refractivity contribution is 7.99. The van der Waals surface area contributed by atoms with Crippen molar-refractivity contribution < 1.29 is 4.79 Å². The molecule has 0 radical (unpaired) electrons. The minimum absolute atomic E-state index is 0.710. The second-order valence-electron chi connectivity index (χ2n) is 4.13. The van der Waals surface area contributed by atoms with Gasteiger partial charge in [0.2, 0.25) is 6.41 Å². The number of para-hydroxylation sites is 1. The third kappa shape index (κ3) is 2.93. The van der Waals surface area contributed by atoms with Gasteiger partial charge in [0.05, 0.1) is 5.69 Å². The van der Waals surface area contributed by atoms with Gasteiger partial charge in [-0.25, -0.2) is 0 Å². The lowest BCUT2D eigenvalue weighted by atomic mass is 10.2. The monoisotopic (exact) mass is 257 g/mol. The van der Waals surface area contributed by atoms with E-state index in [1.165, 1.54) is 16.0 Å². The Bertz CT molecular complexity index is 566.